The Hall–Kier alpha value is -3.15. The Balaban J connectivity index is 1.64. The third kappa shape index (κ3) is 3.70. The molecule has 1 saturated carbocycles. The summed E-state index contributed by atoms with van der Waals surface area (Å²) in [5, 5.41) is 2.90. The molecule has 6 heteroatoms. The fourth-order valence-corrected chi connectivity index (χ4v) is 4.09. The van der Waals surface area contributed by atoms with Crippen molar-refractivity contribution in [1.29, 1.82) is 0 Å². The minimum Gasteiger partial charge on any atom is -0.341 e. The fourth-order valence-electron chi connectivity index (χ4n) is 4.09. The van der Waals surface area contributed by atoms with Crippen LogP contribution in [0.1, 0.15) is 37.3 Å². The lowest BCUT2D eigenvalue weighted by molar-refractivity contribution is -0.138. The van der Waals surface area contributed by atoms with E-state index in [1.807, 2.05) is 67.6 Å². The molecule has 1 N–H and O–H groups in total. The number of hydrogen-bond donors (Lipinski definition) is 1. The van der Waals surface area contributed by atoms with Gasteiger partial charge in [0.1, 0.15) is 6.54 Å². The molecule has 2 aromatic rings. The van der Waals surface area contributed by atoms with E-state index >= 15 is 0 Å². The lowest BCUT2D eigenvalue weighted by Crippen LogP contribution is -2.47. The first-order valence-electron chi connectivity index (χ1n) is 10.6. The molecule has 4 rings (SSSR count). The van der Waals surface area contributed by atoms with E-state index in [0.717, 1.165) is 24.2 Å². The van der Waals surface area contributed by atoms with Gasteiger partial charge >= 0.3 is 6.03 Å². The summed E-state index contributed by atoms with van der Waals surface area (Å²) in [7, 11) is 0. The third-order valence-electron chi connectivity index (χ3n) is 5.83. The highest BCUT2D eigenvalue weighted by atomic mass is 16.2. The van der Waals surface area contributed by atoms with Gasteiger partial charge < -0.3 is 10.2 Å². The molecule has 0 bridgehead atoms. The van der Waals surface area contributed by atoms with Crippen molar-refractivity contribution in [3.63, 3.8) is 0 Å². The summed E-state index contributed by atoms with van der Waals surface area (Å²) in [6, 6.07) is 17.9. The molecule has 1 heterocycles. The smallest absolute Gasteiger partial charge is 0.326 e. The van der Waals surface area contributed by atoms with Crippen LogP contribution in [-0.4, -0.2) is 47.3 Å². The Morgan fingerprint density at radius 3 is 2.10 bits per heavy atom. The van der Waals surface area contributed by atoms with Crippen molar-refractivity contribution in [3.05, 3.63) is 71.8 Å². The van der Waals surface area contributed by atoms with Crippen molar-refractivity contribution in [3.8, 4) is 0 Å². The predicted molar refractivity (Wildman–Crippen MR) is 114 cm³/mol. The number of benzene rings is 2. The lowest BCUT2D eigenvalue weighted by atomic mass is 9.82. The standard InChI is InChI=1S/C24H27N3O3/c1-2-15-26(16-18-13-14-18)21(28)17-27-22(29)24(25-23(27)30,19-9-5-3-6-10-19)20-11-7-4-8-12-20/h3-12,18H,2,13-17H2,1H3,(H,25,30). The van der Waals surface area contributed by atoms with Gasteiger partial charge in [-0.15, -0.1) is 0 Å². The Morgan fingerprint density at radius 2 is 1.60 bits per heavy atom. The van der Waals surface area contributed by atoms with Crippen LogP contribution in [0.3, 0.4) is 0 Å². The van der Waals surface area contributed by atoms with Crippen molar-refractivity contribution in [1.82, 2.24) is 15.1 Å². The quantitative estimate of drug-likeness (QED) is 0.686. The Bertz CT molecular complexity index is 886. The van der Waals surface area contributed by atoms with Crippen LogP contribution in [-0.2, 0) is 15.1 Å². The van der Waals surface area contributed by atoms with Gasteiger partial charge in [-0.1, -0.05) is 67.6 Å². The summed E-state index contributed by atoms with van der Waals surface area (Å²) < 4.78 is 0. The van der Waals surface area contributed by atoms with E-state index in [0.29, 0.717) is 30.1 Å². The number of urea groups is 1. The number of amides is 4. The highest BCUT2D eigenvalue weighted by molar-refractivity contribution is 6.11. The Labute approximate surface area is 176 Å². The minimum atomic E-state index is -1.33. The van der Waals surface area contributed by atoms with Crippen LogP contribution in [0.5, 0.6) is 0 Å². The molecule has 0 radical (unpaired) electrons. The third-order valence-corrected chi connectivity index (χ3v) is 5.83. The van der Waals surface area contributed by atoms with Crippen LogP contribution in [0.2, 0.25) is 0 Å². The first-order chi connectivity index (χ1) is 14.6. The molecule has 0 aromatic heterocycles. The second-order valence-electron chi connectivity index (χ2n) is 8.09. The first-order valence-corrected chi connectivity index (χ1v) is 10.6. The molecule has 2 fully saturated rings. The van der Waals surface area contributed by atoms with Crippen molar-refractivity contribution in [2.24, 2.45) is 5.92 Å². The van der Waals surface area contributed by atoms with Gasteiger partial charge in [0, 0.05) is 13.1 Å². The van der Waals surface area contributed by atoms with E-state index in [-0.39, 0.29) is 12.5 Å². The highest BCUT2D eigenvalue weighted by Gasteiger charge is 2.54. The van der Waals surface area contributed by atoms with E-state index in [2.05, 4.69) is 5.32 Å². The van der Waals surface area contributed by atoms with E-state index in [9.17, 15) is 14.4 Å². The van der Waals surface area contributed by atoms with Gasteiger partial charge in [0.2, 0.25) is 5.91 Å². The van der Waals surface area contributed by atoms with Crippen molar-refractivity contribution < 1.29 is 14.4 Å². The average Bonchev–Trinajstić information content (AvgIpc) is 3.56. The van der Waals surface area contributed by atoms with Gasteiger partial charge in [-0.25, -0.2) is 4.79 Å². The zero-order valence-corrected chi connectivity index (χ0v) is 17.2. The maximum atomic E-state index is 13.7. The summed E-state index contributed by atoms with van der Waals surface area (Å²) in [5.41, 5.74) is 0.0205. The van der Waals surface area contributed by atoms with Gasteiger partial charge in [0.25, 0.3) is 5.91 Å². The highest BCUT2D eigenvalue weighted by Crippen LogP contribution is 2.36. The topological polar surface area (TPSA) is 69.7 Å². The molecule has 1 aliphatic carbocycles. The molecule has 1 aliphatic heterocycles. The summed E-state index contributed by atoms with van der Waals surface area (Å²) in [5.74, 6) is -0.0402. The van der Waals surface area contributed by atoms with Gasteiger partial charge in [0.15, 0.2) is 5.54 Å². The number of hydrogen-bond acceptors (Lipinski definition) is 3. The van der Waals surface area contributed by atoms with Gasteiger partial charge in [0.05, 0.1) is 0 Å². The predicted octanol–water partition coefficient (Wildman–Crippen LogP) is 3.13. The second kappa shape index (κ2) is 8.30. The lowest BCUT2D eigenvalue weighted by Gasteiger charge is -2.28. The first kappa shape index (κ1) is 20.1. The van der Waals surface area contributed by atoms with Crippen LogP contribution in [0.15, 0.2) is 60.7 Å². The Kier molecular flexibility index (Phi) is 5.57. The van der Waals surface area contributed by atoms with Crippen molar-refractivity contribution in [2.45, 2.75) is 31.7 Å². The molecule has 30 heavy (non-hydrogen) atoms. The SMILES string of the molecule is CCCN(CC1CC1)C(=O)CN1C(=O)NC(c2ccccc2)(c2ccccc2)C1=O. The summed E-state index contributed by atoms with van der Waals surface area (Å²) >= 11 is 0. The molecule has 4 amide bonds. The summed E-state index contributed by atoms with van der Waals surface area (Å²) in [6.07, 6.45) is 3.13. The molecule has 0 unspecified atom stereocenters. The monoisotopic (exact) mass is 405 g/mol. The Morgan fingerprint density at radius 1 is 1.03 bits per heavy atom. The molecular formula is C24H27N3O3. The summed E-state index contributed by atoms with van der Waals surface area (Å²) in [6.45, 7) is 3.13. The van der Waals surface area contributed by atoms with Gasteiger partial charge in [-0.3, -0.25) is 14.5 Å². The number of nitrogens with one attached hydrogen (secondary N) is 1. The van der Waals surface area contributed by atoms with E-state index in [1.54, 1.807) is 4.90 Å². The normalized spacial score (nSPS) is 17.7. The number of carbonyl (C=O) groups excluding carboxylic acids is 3. The maximum Gasteiger partial charge on any atom is 0.326 e. The molecule has 156 valence electrons. The van der Waals surface area contributed by atoms with Crippen LogP contribution >= 0.6 is 0 Å². The van der Waals surface area contributed by atoms with E-state index in [4.69, 9.17) is 0 Å². The average molecular weight is 405 g/mol. The molecule has 2 aliphatic rings. The number of nitrogens with zero attached hydrogens (tertiary/aromatic N) is 2. The van der Waals surface area contributed by atoms with Crippen molar-refractivity contribution >= 4 is 17.8 Å². The molecule has 0 atom stereocenters. The minimum absolute atomic E-state index is 0.177. The zero-order chi connectivity index (χ0) is 21.1. The molecule has 0 spiro atoms. The summed E-state index contributed by atoms with van der Waals surface area (Å²) in [4.78, 5) is 42.4. The van der Waals surface area contributed by atoms with Gasteiger partial charge in [-0.05, 0) is 36.3 Å². The van der Waals surface area contributed by atoms with Crippen molar-refractivity contribution in [2.75, 3.05) is 19.6 Å². The van der Waals surface area contributed by atoms with Crippen LogP contribution in [0.25, 0.3) is 0 Å². The number of imide groups is 1. The second-order valence-corrected chi connectivity index (χ2v) is 8.09. The van der Waals surface area contributed by atoms with Crippen LogP contribution in [0, 0.1) is 5.92 Å². The molecule has 6 nitrogen and oxygen atoms in total. The van der Waals surface area contributed by atoms with Gasteiger partial charge in [-0.2, -0.15) is 0 Å². The zero-order valence-electron chi connectivity index (χ0n) is 17.2. The maximum absolute atomic E-state index is 13.7. The van der Waals surface area contributed by atoms with Crippen LogP contribution in [0.4, 0.5) is 4.79 Å². The molecular weight excluding hydrogens is 378 g/mol. The fraction of sp³-hybridized carbons (Fsp3) is 0.375. The largest absolute Gasteiger partial charge is 0.341 e. The van der Waals surface area contributed by atoms with E-state index < -0.39 is 17.5 Å². The number of rotatable bonds is 8. The van der Waals surface area contributed by atoms with E-state index in [1.165, 1.54) is 0 Å². The molecule has 1 saturated heterocycles. The number of carbonyl (C=O) groups is 3. The molecule has 2 aromatic carbocycles. The van der Waals surface area contributed by atoms with Crippen LogP contribution < -0.4 is 5.32 Å².